The topological polar surface area (TPSA) is 63.2 Å². The Bertz CT molecular complexity index is 2230. The summed E-state index contributed by atoms with van der Waals surface area (Å²) in [7, 11) is 0. The molecule has 8 aromatic rings. The molecule has 9 rings (SSSR count). The van der Waals surface area contributed by atoms with Crippen LogP contribution in [0.2, 0.25) is 0 Å². The lowest BCUT2D eigenvalue weighted by molar-refractivity contribution is 0.961. The van der Waals surface area contributed by atoms with Crippen molar-refractivity contribution in [2.24, 2.45) is 0 Å². The summed E-state index contributed by atoms with van der Waals surface area (Å²) in [4.78, 5) is 15.3. The molecule has 0 spiro atoms. The van der Waals surface area contributed by atoms with Gasteiger partial charge in [-0.3, -0.25) is 0 Å². The minimum absolute atomic E-state index is 0.835. The second-order valence-corrected chi connectivity index (χ2v) is 11.2. The third-order valence-corrected chi connectivity index (χ3v) is 9.02. The maximum atomic E-state index is 3.85. The van der Waals surface area contributed by atoms with Crippen molar-refractivity contribution in [1.82, 2.24) is 19.9 Å². The van der Waals surface area contributed by atoms with Crippen LogP contribution in [-0.4, -0.2) is 19.9 Å². The van der Waals surface area contributed by atoms with E-state index in [9.17, 15) is 0 Å². The Kier molecular flexibility index (Phi) is 4.53. The van der Waals surface area contributed by atoms with Gasteiger partial charge in [0.1, 0.15) is 0 Å². The van der Waals surface area contributed by atoms with Crippen LogP contribution in [-0.2, 0) is 25.7 Å². The summed E-state index contributed by atoms with van der Waals surface area (Å²) in [5.41, 5.74) is 15.6. The van der Waals surface area contributed by atoms with Crippen molar-refractivity contribution < 1.29 is 0 Å². The van der Waals surface area contributed by atoms with Crippen molar-refractivity contribution in [2.45, 2.75) is 25.7 Å². The molecular weight excluding hydrogens is 488 g/mol. The molecule has 0 amide bonds. The number of para-hydroxylation sites is 4. The highest BCUT2D eigenvalue weighted by molar-refractivity contribution is 5.91. The normalized spacial score (nSPS) is 13.6. The van der Waals surface area contributed by atoms with Crippen LogP contribution in [0.15, 0.2) is 97.1 Å². The fraction of sp³-hybridized carbons (Fsp3) is 0.111. The Labute approximate surface area is 231 Å². The lowest BCUT2D eigenvalue weighted by Gasteiger charge is -2.13. The Morgan fingerprint density at radius 2 is 0.575 bits per heavy atom. The Morgan fingerprint density at radius 1 is 0.300 bits per heavy atom. The monoisotopic (exact) mass is 516 g/mol. The number of aromatic nitrogens is 4. The molecule has 0 saturated carbocycles. The van der Waals surface area contributed by atoms with E-state index in [0.29, 0.717) is 0 Å². The molecule has 4 aromatic heterocycles. The van der Waals surface area contributed by atoms with E-state index in [0.717, 1.165) is 25.7 Å². The first kappa shape index (κ1) is 21.9. The predicted octanol–water partition coefficient (Wildman–Crippen LogP) is 8.29. The van der Waals surface area contributed by atoms with Crippen LogP contribution < -0.4 is 0 Å². The van der Waals surface area contributed by atoms with Gasteiger partial charge in [0, 0.05) is 92.1 Å². The molecule has 0 unspecified atom stereocenters. The number of nitrogens with one attached hydrogen (secondary N) is 4. The zero-order chi connectivity index (χ0) is 26.2. The maximum Gasteiger partial charge on any atom is 0.0459 e. The largest absolute Gasteiger partial charge is 0.358 e. The second-order valence-electron chi connectivity index (χ2n) is 11.2. The van der Waals surface area contributed by atoms with Crippen LogP contribution in [0.1, 0.15) is 45.0 Å². The van der Waals surface area contributed by atoms with E-state index < -0.39 is 0 Å². The number of hydrogen-bond donors (Lipinski definition) is 4. The van der Waals surface area contributed by atoms with E-state index in [-0.39, 0.29) is 0 Å². The molecule has 4 aromatic carbocycles. The Morgan fingerprint density at radius 3 is 0.925 bits per heavy atom. The van der Waals surface area contributed by atoms with Gasteiger partial charge in [0.25, 0.3) is 0 Å². The average Bonchev–Trinajstić information content (AvgIpc) is 3.71. The van der Waals surface area contributed by atoms with E-state index in [4.69, 9.17) is 0 Å². The highest BCUT2D eigenvalue weighted by atomic mass is 14.8. The molecule has 192 valence electrons. The molecule has 4 heterocycles. The molecule has 0 atom stereocenters. The van der Waals surface area contributed by atoms with Crippen LogP contribution in [0, 0.1) is 0 Å². The van der Waals surface area contributed by atoms with Gasteiger partial charge in [-0.2, -0.15) is 0 Å². The number of fused-ring (bicyclic) bond motifs is 12. The highest BCUT2D eigenvalue weighted by Crippen LogP contribution is 2.37. The van der Waals surface area contributed by atoms with Gasteiger partial charge in [0.05, 0.1) is 0 Å². The molecule has 4 nitrogen and oxygen atoms in total. The maximum absolute atomic E-state index is 3.85. The van der Waals surface area contributed by atoms with E-state index in [1.807, 2.05) is 0 Å². The van der Waals surface area contributed by atoms with Gasteiger partial charge in [-0.25, -0.2) is 0 Å². The van der Waals surface area contributed by atoms with E-state index in [2.05, 4.69) is 117 Å². The number of benzene rings is 4. The minimum atomic E-state index is 0.835. The van der Waals surface area contributed by atoms with Crippen LogP contribution in [0.25, 0.3) is 43.6 Å². The zero-order valence-corrected chi connectivity index (χ0v) is 22.1. The summed E-state index contributed by atoms with van der Waals surface area (Å²) in [6.45, 7) is 0. The molecule has 1 aliphatic carbocycles. The summed E-state index contributed by atoms with van der Waals surface area (Å²) < 4.78 is 0. The standard InChI is InChI=1S/C36H28N4/c1-5-13-29-21(9-1)25-17-26-22-10-2-6-14-30(22)39-35(26)20-36-28(24-12-4-8-16-32(24)40-36)19-34-27(18-33(25)37-29)23-11-3-7-15-31(23)38-34/h1-16,37-40H,17-20H2. The zero-order valence-electron chi connectivity index (χ0n) is 22.1. The van der Waals surface area contributed by atoms with E-state index in [1.165, 1.54) is 88.6 Å². The van der Waals surface area contributed by atoms with Gasteiger partial charge >= 0.3 is 0 Å². The second kappa shape index (κ2) is 8.27. The van der Waals surface area contributed by atoms with Gasteiger partial charge in [0.2, 0.25) is 0 Å². The van der Waals surface area contributed by atoms with Gasteiger partial charge < -0.3 is 19.9 Å². The third kappa shape index (κ3) is 3.19. The fourth-order valence-electron chi connectivity index (χ4n) is 7.14. The van der Waals surface area contributed by atoms with Crippen molar-refractivity contribution >= 4 is 43.6 Å². The van der Waals surface area contributed by atoms with E-state index in [1.54, 1.807) is 0 Å². The van der Waals surface area contributed by atoms with Crippen molar-refractivity contribution in [2.75, 3.05) is 0 Å². The SMILES string of the molecule is c1ccc2c3c([nH]c2c1)Cc1[nH]c2ccccc2c1Cc1c([nH]c2ccccc12)Cc1c([nH]c2ccccc12)C3. The highest BCUT2D eigenvalue weighted by Gasteiger charge is 2.24. The van der Waals surface area contributed by atoms with Crippen LogP contribution in [0.4, 0.5) is 0 Å². The smallest absolute Gasteiger partial charge is 0.0459 e. The number of H-pyrrole nitrogens is 4. The molecule has 0 saturated heterocycles. The van der Waals surface area contributed by atoms with Gasteiger partial charge in [-0.1, -0.05) is 72.8 Å². The lowest BCUT2D eigenvalue weighted by Crippen LogP contribution is -2.05. The average molecular weight is 517 g/mol. The summed E-state index contributed by atoms with van der Waals surface area (Å²) >= 11 is 0. The third-order valence-electron chi connectivity index (χ3n) is 9.02. The van der Waals surface area contributed by atoms with E-state index >= 15 is 0 Å². The summed E-state index contributed by atoms with van der Waals surface area (Å²) in [5, 5.41) is 5.26. The molecule has 1 aliphatic rings. The summed E-state index contributed by atoms with van der Waals surface area (Å²) in [6.07, 6.45) is 3.43. The Hall–Kier alpha value is -4.96. The van der Waals surface area contributed by atoms with Gasteiger partial charge in [-0.15, -0.1) is 0 Å². The lowest BCUT2D eigenvalue weighted by atomic mass is 9.92. The summed E-state index contributed by atoms with van der Waals surface area (Å²) in [6, 6.07) is 35.1. The molecule has 4 N–H and O–H groups in total. The quantitative estimate of drug-likeness (QED) is 0.157. The van der Waals surface area contributed by atoms with Gasteiger partial charge in [-0.05, 0) is 46.5 Å². The molecular formula is C36H28N4. The first-order chi connectivity index (χ1) is 19.8. The first-order valence-corrected chi connectivity index (χ1v) is 14.1. The van der Waals surface area contributed by atoms with Crippen LogP contribution >= 0.6 is 0 Å². The Balaban J connectivity index is 1.37. The van der Waals surface area contributed by atoms with Crippen molar-refractivity contribution in [1.29, 1.82) is 0 Å². The van der Waals surface area contributed by atoms with Crippen molar-refractivity contribution in [3.8, 4) is 0 Å². The number of hydrogen-bond acceptors (Lipinski definition) is 0. The summed E-state index contributed by atoms with van der Waals surface area (Å²) in [5.74, 6) is 0. The fourth-order valence-corrected chi connectivity index (χ4v) is 7.14. The molecule has 40 heavy (non-hydrogen) atoms. The van der Waals surface area contributed by atoms with Crippen LogP contribution in [0.5, 0.6) is 0 Å². The van der Waals surface area contributed by atoms with Crippen LogP contribution in [0.3, 0.4) is 0 Å². The van der Waals surface area contributed by atoms with Crippen molar-refractivity contribution in [3.63, 3.8) is 0 Å². The number of rotatable bonds is 0. The first-order valence-electron chi connectivity index (χ1n) is 14.1. The predicted molar refractivity (Wildman–Crippen MR) is 164 cm³/mol. The molecule has 4 heteroatoms. The molecule has 0 aliphatic heterocycles. The van der Waals surface area contributed by atoms with Gasteiger partial charge in [0.15, 0.2) is 0 Å². The molecule has 0 fully saturated rings. The van der Waals surface area contributed by atoms with Crippen molar-refractivity contribution in [3.05, 3.63) is 142 Å². The number of aromatic amines is 4. The molecule has 0 radical (unpaired) electrons. The molecule has 0 bridgehead atoms. The minimum Gasteiger partial charge on any atom is -0.358 e.